The van der Waals surface area contributed by atoms with Crippen LogP contribution in [0.1, 0.15) is 54.4 Å². The van der Waals surface area contributed by atoms with Crippen LogP contribution in [0.3, 0.4) is 0 Å². The van der Waals surface area contributed by atoms with Gasteiger partial charge < -0.3 is 20.1 Å². The lowest BCUT2D eigenvalue weighted by atomic mass is 9.48. The van der Waals surface area contributed by atoms with Crippen molar-refractivity contribution in [3.63, 3.8) is 0 Å². The van der Waals surface area contributed by atoms with Crippen molar-refractivity contribution >= 4 is 5.78 Å². The highest BCUT2D eigenvalue weighted by Gasteiger charge is 2.74. The van der Waals surface area contributed by atoms with Crippen LogP contribution < -0.4 is 4.74 Å². The van der Waals surface area contributed by atoms with E-state index < -0.39 is 29.3 Å². The number of phenols is 1. The number of ketones is 1. The van der Waals surface area contributed by atoms with Crippen LogP contribution in [0, 0.1) is 5.92 Å². The normalized spacial score (nSPS) is 42.4. The second-order valence-electron chi connectivity index (χ2n) is 9.19. The van der Waals surface area contributed by atoms with Crippen molar-refractivity contribution in [2.75, 3.05) is 13.1 Å². The summed E-state index contributed by atoms with van der Waals surface area (Å²) in [6, 6.07) is 2.58. The number of piperidine rings is 1. The second kappa shape index (κ2) is 5.04. The summed E-state index contributed by atoms with van der Waals surface area (Å²) in [6.45, 7) is 1.56. The summed E-state index contributed by atoms with van der Waals surface area (Å²) in [5.41, 5.74) is -0.893. The Bertz CT molecular complexity index is 851. The average Bonchev–Trinajstić information content (AvgIpc) is 2.96. The molecule has 6 heteroatoms. The van der Waals surface area contributed by atoms with Crippen molar-refractivity contribution in [2.45, 2.75) is 67.8 Å². The monoisotopic (exact) mass is 371 g/mol. The SMILES string of the molecule is O=C1c2ccc(O)c3c2[C@]24CCN(CC5CCC5)[C@H]1[C@]2(O)CC[C@H](O)[C@@H]4O3. The zero-order valence-corrected chi connectivity index (χ0v) is 15.2. The summed E-state index contributed by atoms with van der Waals surface area (Å²) < 4.78 is 6.05. The molecule has 144 valence electrons. The maximum atomic E-state index is 13.5. The maximum Gasteiger partial charge on any atom is 0.183 e. The van der Waals surface area contributed by atoms with Gasteiger partial charge in [0.1, 0.15) is 17.7 Å². The van der Waals surface area contributed by atoms with E-state index >= 15 is 0 Å². The quantitative estimate of drug-likeness (QED) is 0.727. The Labute approximate surface area is 157 Å². The smallest absolute Gasteiger partial charge is 0.183 e. The number of aliphatic hydroxyl groups is 2. The van der Waals surface area contributed by atoms with E-state index in [4.69, 9.17) is 4.74 Å². The summed E-state index contributed by atoms with van der Waals surface area (Å²) in [6.07, 6.45) is 3.72. The van der Waals surface area contributed by atoms with E-state index in [1.807, 2.05) is 0 Å². The summed E-state index contributed by atoms with van der Waals surface area (Å²) in [5.74, 6) is 0.812. The molecule has 6 nitrogen and oxygen atoms in total. The molecule has 1 aromatic rings. The Morgan fingerprint density at radius 3 is 2.78 bits per heavy atom. The molecule has 3 aliphatic carbocycles. The number of carbonyl (C=O) groups excluding carboxylic acids is 1. The fourth-order valence-corrected chi connectivity index (χ4v) is 6.67. The van der Waals surface area contributed by atoms with E-state index in [0.29, 0.717) is 42.9 Å². The standard InChI is InChI=1S/C21H25NO5/c23-13-5-4-12-15-17(13)27-19-14(24)6-7-21(26)18(16(12)25)22(9-8-20(15,19)21)10-11-2-1-3-11/h4-5,11,14,18-19,23-24,26H,1-3,6-10H2/t14-,18+,19-,20-,21+/m0/s1. The molecule has 2 bridgehead atoms. The molecule has 3 fully saturated rings. The molecule has 0 radical (unpaired) electrons. The van der Waals surface area contributed by atoms with Crippen molar-refractivity contribution in [2.24, 2.45) is 5.92 Å². The van der Waals surface area contributed by atoms with Gasteiger partial charge in [-0.25, -0.2) is 0 Å². The minimum atomic E-state index is -1.26. The van der Waals surface area contributed by atoms with E-state index in [9.17, 15) is 20.1 Å². The van der Waals surface area contributed by atoms with Crippen LogP contribution in [0.4, 0.5) is 0 Å². The van der Waals surface area contributed by atoms with Gasteiger partial charge in [-0.05, 0) is 50.2 Å². The first-order chi connectivity index (χ1) is 13.0. The van der Waals surface area contributed by atoms with Crippen LogP contribution in [0.25, 0.3) is 0 Å². The van der Waals surface area contributed by atoms with Crippen LogP contribution in [0.5, 0.6) is 11.5 Å². The third-order valence-electron chi connectivity index (χ3n) is 8.10. The molecule has 0 amide bonds. The number of phenolic OH excluding ortho intramolecular Hbond substituents is 1. The highest BCUT2D eigenvalue weighted by Crippen LogP contribution is 2.65. The van der Waals surface area contributed by atoms with Crippen LogP contribution in [-0.4, -0.2) is 62.9 Å². The third kappa shape index (κ3) is 1.71. The Kier molecular flexibility index (Phi) is 3.05. The van der Waals surface area contributed by atoms with Gasteiger partial charge in [-0.3, -0.25) is 9.69 Å². The second-order valence-corrected chi connectivity index (χ2v) is 9.19. The molecule has 0 aromatic heterocycles. The number of hydrogen-bond acceptors (Lipinski definition) is 6. The van der Waals surface area contributed by atoms with Crippen molar-refractivity contribution in [1.82, 2.24) is 4.90 Å². The molecule has 1 spiro atoms. The van der Waals surface area contributed by atoms with E-state index in [1.165, 1.54) is 25.3 Å². The summed E-state index contributed by atoms with van der Waals surface area (Å²) in [5, 5.41) is 33.1. The molecular weight excluding hydrogens is 346 g/mol. The van der Waals surface area contributed by atoms with Crippen molar-refractivity contribution in [3.05, 3.63) is 23.3 Å². The number of ether oxygens (including phenoxy) is 1. The van der Waals surface area contributed by atoms with Crippen LogP contribution >= 0.6 is 0 Å². The Hall–Kier alpha value is -1.63. The Morgan fingerprint density at radius 1 is 1.22 bits per heavy atom. The number of rotatable bonds is 2. The summed E-state index contributed by atoms with van der Waals surface area (Å²) in [7, 11) is 0. The molecule has 2 aliphatic heterocycles. The van der Waals surface area contributed by atoms with Gasteiger partial charge in [0.15, 0.2) is 17.3 Å². The molecule has 0 unspecified atom stereocenters. The number of benzene rings is 1. The van der Waals surface area contributed by atoms with Gasteiger partial charge in [0, 0.05) is 24.2 Å². The van der Waals surface area contributed by atoms with Crippen LogP contribution in [0.15, 0.2) is 12.1 Å². The zero-order valence-electron chi connectivity index (χ0n) is 15.2. The molecule has 2 heterocycles. The topological polar surface area (TPSA) is 90.2 Å². The predicted molar refractivity (Wildman–Crippen MR) is 96.0 cm³/mol. The molecule has 2 saturated carbocycles. The van der Waals surface area contributed by atoms with Crippen LogP contribution in [0.2, 0.25) is 0 Å². The average molecular weight is 371 g/mol. The molecular formula is C21H25NO5. The van der Waals surface area contributed by atoms with Gasteiger partial charge in [-0.2, -0.15) is 0 Å². The highest BCUT2D eigenvalue weighted by molar-refractivity contribution is 6.06. The highest BCUT2D eigenvalue weighted by atomic mass is 16.5. The van der Waals surface area contributed by atoms with Crippen LogP contribution in [-0.2, 0) is 5.41 Å². The molecule has 1 aromatic carbocycles. The number of carbonyl (C=O) groups is 1. The van der Waals surface area contributed by atoms with Gasteiger partial charge in [-0.15, -0.1) is 0 Å². The minimum absolute atomic E-state index is 0.0183. The molecule has 5 atom stereocenters. The fourth-order valence-electron chi connectivity index (χ4n) is 6.67. The van der Waals surface area contributed by atoms with Gasteiger partial charge in [-0.1, -0.05) is 6.42 Å². The molecule has 5 aliphatic rings. The first kappa shape index (κ1) is 16.3. The largest absolute Gasteiger partial charge is 0.504 e. The lowest BCUT2D eigenvalue weighted by Gasteiger charge is -2.63. The first-order valence-electron chi connectivity index (χ1n) is 10.2. The number of nitrogens with zero attached hydrogens (tertiary/aromatic N) is 1. The lowest BCUT2D eigenvalue weighted by Crippen LogP contribution is -2.78. The molecule has 3 N–H and O–H groups in total. The van der Waals surface area contributed by atoms with Gasteiger partial charge in [0.25, 0.3) is 0 Å². The van der Waals surface area contributed by atoms with Crippen molar-refractivity contribution in [1.29, 1.82) is 0 Å². The molecule has 6 rings (SSSR count). The number of Topliss-reactive ketones (excluding diaryl/α,β-unsaturated/α-hetero) is 1. The number of aliphatic hydroxyl groups excluding tert-OH is 1. The van der Waals surface area contributed by atoms with Gasteiger partial charge >= 0.3 is 0 Å². The molecule has 1 saturated heterocycles. The zero-order chi connectivity index (χ0) is 18.6. The van der Waals surface area contributed by atoms with E-state index in [1.54, 1.807) is 6.07 Å². The Morgan fingerprint density at radius 2 is 2.04 bits per heavy atom. The summed E-state index contributed by atoms with van der Waals surface area (Å²) >= 11 is 0. The van der Waals surface area contributed by atoms with Crippen molar-refractivity contribution in [3.8, 4) is 11.5 Å². The predicted octanol–water partition coefficient (Wildman–Crippen LogP) is 1.35. The number of aromatic hydroxyl groups is 1. The number of hydrogen-bond donors (Lipinski definition) is 3. The summed E-state index contributed by atoms with van der Waals surface area (Å²) in [4.78, 5) is 15.7. The number of likely N-dealkylation sites (tertiary alicyclic amines) is 1. The van der Waals surface area contributed by atoms with Gasteiger partial charge in [0.2, 0.25) is 0 Å². The fraction of sp³-hybridized carbons (Fsp3) is 0.667. The minimum Gasteiger partial charge on any atom is -0.504 e. The van der Waals surface area contributed by atoms with Crippen molar-refractivity contribution < 1.29 is 24.9 Å². The van der Waals surface area contributed by atoms with E-state index in [-0.39, 0.29) is 17.3 Å². The lowest BCUT2D eigenvalue weighted by molar-refractivity contribution is -0.197. The van der Waals surface area contributed by atoms with E-state index in [2.05, 4.69) is 4.90 Å². The first-order valence-corrected chi connectivity index (χ1v) is 10.2. The van der Waals surface area contributed by atoms with E-state index in [0.717, 1.165) is 6.54 Å². The van der Waals surface area contributed by atoms with Gasteiger partial charge in [0.05, 0.1) is 11.5 Å². The third-order valence-corrected chi connectivity index (χ3v) is 8.10. The Balaban J connectivity index is 1.57. The molecule has 27 heavy (non-hydrogen) atoms. The maximum absolute atomic E-state index is 13.5.